The Balaban J connectivity index is 1.75. The number of hydrogen-bond acceptors (Lipinski definition) is 5. The summed E-state index contributed by atoms with van der Waals surface area (Å²) >= 11 is 0. The number of nitrogens with zero attached hydrogens (tertiary/aromatic N) is 2. The molecule has 0 aliphatic carbocycles. The summed E-state index contributed by atoms with van der Waals surface area (Å²) in [5.41, 5.74) is 6.48. The SMILES string of the molecule is CC1CCN(C(=O)CNC(=O)NCc2ccc([N+](=O)[O-])cc2)C(CN)C1. The molecule has 3 amide bonds. The maximum absolute atomic E-state index is 12.3. The molecule has 0 bridgehead atoms. The van der Waals surface area contributed by atoms with Crippen LogP contribution in [-0.4, -0.2) is 47.4 Å². The minimum atomic E-state index is -0.481. The highest BCUT2D eigenvalue weighted by Gasteiger charge is 2.28. The zero-order valence-corrected chi connectivity index (χ0v) is 14.8. The van der Waals surface area contributed by atoms with Crippen LogP contribution in [0, 0.1) is 16.0 Å². The Morgan fingerprint density at radius 3 is 2.62 bits per heavy atom. The van der Waals surface area contributed by atoms with Crippen molar-refractivity contribution in [2.24, 2.45) is 11.7 Å². The molecule has 1 aromatic carbocycles. The second-order valence-electron chi connectivity index (χ2n) is 6.57. The topological polar surface area (TPSA) is 131 Å². The standard InChI is InChI=1S/C17H25N5O4/c1-12-6-7-21(15(8-12)9-18)16(23)11-20-17(24)19-10-13-2-4-14(5-3-13)22(25)26/h2-5,12,15H,6-11,18H2,1H3,(H2,19,20,24). The molecule has 0 aromatic heterocycles. The number of non-ortho nitro benzene ring substituents is 1. The number of nitrogens with two attached hydrogens (primary N) is 1. The molecule has 142 valence electrons. The molecule has 1 saturated heterocycles. The first-order valence-corrected chi connectivity index (χ1v) is 8.65. The van der Waals surface area contributed by atoms with Crippen LogP contribution in [0.15, 0.2) is 24.3 Å². The Labute approximate surface area is 152 Å². The highest BCUT2D eigenvalue weighted by Crippen LogP contribution is 2.21. The van der Waals surface area contributed by atoms with Gasteiger partial charge in [0.1, 0.15) is 0 Å². The van der Waals surface area contributed by atoms with E-state index in [0.29, 0.717) is 19.0 Å². The molecule has 0 saturated carbocycles. The van der Waals surface area contributed by atoms with Gasteiger partial charge in [-0.1, -0.05) is 19.1 Å². The molecule has 1 aromatic rings. The van der Waals surface area contributed by atoms with Crippen molar-refractivity contribution in [2.45, 2.75) is 32.4 Å². The van der Waals surface area contributed by atoms with Crippen molar-refractivity contribution in [1.29, 1.82) is 0 Å². The van der Waals surface area contributed by atoms with Gasteiger partial charge in [0.05, 0.1) is 11.5 Å². The molecule has 1 aliphatic rings. The number of hydrogen-bond donors (Lipinski definition) is 3. The van der Waals surface area contributed by atoms with E-state index in [0.717, 1.165) is 18.4 Å². The number of urea groups is 1. The molecule has 9 heteroatoms. The van der Waals surface area contributed by atoms with Crippen LogP contribution in [0.4, 0.5) is 10.5 Å². The van der Waals surface area contributed by atoms with Gasteiger partial charge in [0.25, 0.3) is 5.69 Å². The van der Waals surface area contributed by atoms with Gasteiger partial charge in [0.2, 0.25) is 5.91 Å². The third-order valence-electron chi connectivity index (χ3n) is 4.57. The maximum atomic E-state index is 12.3. The number of nitrogens with one attached hydrogen (secondary N) is 2. The first-order chi connectivity index (χ1) is 12.4. The van der Waals surface area contributed by atoms with E-state index < -0.39 is 11.0 Å². The van der Waals surface area contributed by atoms with Gasteiger partial charge in [-0.05, 0) is 24.3 Å². The van der Waals surface area contributed by atoms with Crippen molar-refractivity contribution in [3.63, 3.8) is 0 Å². The van der Waals surface area contributed by atoms with Gasteiger partial charge in [-0.3, -0.25) is 14.9 Å². The van der Waals surface area contributed by atoms with E-state index in [4.69, 9.17) is 5.73 Å². The van der Waals surface area contributed by atoms with Crippen LogP contribution >= 0.6 is 0 Å². The van der Waals surface area contributed by atoms with E-state index >= 15 is 0 Å². The van der Waals surface area contributed by atoms with Gasteiger partial charge in [0, 0.05) is 37.8 Å². The number of amides is 3. The number of benzene rings is 1. The van der Waals surface area contributed by atoms with Gasteiger partial charge < -0.3 is 21.3 Å². The lowest BCUT2D eigenvalue weighted by atomic mass is 9.92. The molecule has 1 fully saturated rings. The molecule has 2 rings (SSSR count). The Kier molecular flexibility index (Phi) is 6.90. The fourth-order valence-corrected chi connectivity index (χ4v) is 3.04. The lowest BCUT2D eigenvalue weighted by Gasteiger charge is -2.38. The van der Waals surface area contributed by atoms with Crippen molar-refractivity contribution in [3.05, 3.63) is 39.9 Å². The lowest BCUT2D eigenvalue weighted by Crippen LogP contribution is -2.52. The lowest BCUT2D eigenvalue weighted by molar-refractivity contribution is -0.384. The van der Waals surface area contributed by atoms with Crippen LogP contribution in [0.1, 0.15) is 25.3 Å². The maximum Gasteiger partial charge on any atom is 0.315 e. The number of nitro benzene ring substituents is 1. The van der Waals surface area contributed by atoms with Crippen molar-refractivity contribution < 1.29 is 14.5 Å². The van der Waals surface area contributed by atoms with E-state index in [1.54, 1.807) is 17.0 Å². The summed E-state index contributed by atoms with van der Waals surface area (Å²) in [6, 6.07) is 5.46. The van der Waals surface area contributed by atoms with Crippen molar-refractivity contribution >= 4 is 17.6 Å². The smallest absolute Gasteiger partial charge is 0.315 e. The van der Waals surface area contributed by atoms with Crippen LogP contribution in [0.2, 0.25) is 0 Å². The monoisotopic (exact) mass is 363 g/mol. The fraction of sp³-hybridized carbons (Fsp3) is 0.529. The Bertz CT molecular complexity index is 649. The van der Waals surface area contributed by atoms with Crippen LogP contribution in [0.3, 0.4) is 0 Å². The van der Waals surface area contributed by atoms with Gasteiger partial charge >= 0.3 is 6.03 Å². The van der Waals surface area contributed by atoms with Crippen LogP contribution in [0.5, 0.6) is 0 Å². The van der Waals surface area contributed by atoms with E-state index in [1.165, 1.54) is 12.1 Å². The molecule has 1 aliphatic heterocycles. The highest BCUT2D eigenvalue weighted by molar-refractivity contribution is 5.84. The van der Waals surface area contributed by atoms with Crippen molar-refractivity contribution in [2.75, 3.05) is 19.6 Å². The van der Waals surface area contributed by atoms with Crippen LogP contribution in [-0.2, 0) is 11.3 Å². The van der Waals surface area contributed by atoms with Crippen LogP contribution in [0.25, 0.3) is 0 Å². The zero-order valence-electron chi connectivity index (χ0n) is 14.8. The second-order valence-corrected chi connectivity index (χ2v) is 6.57. The van der Waals surface area contributed by atoms with Gasteiger partial charge in [0.15, 0.2) is 0 Å². The molecule has 1 heterocycles. The van der Waals surface area contributed by atoms with E-state index in [-0.39, 0.29) is 30.7 Å². The zero-order chi connectivity index (χ0) is 19.1. The number of carbonyl (C=O) groups is 2. The van der Waals surface area contributed by atoms with E-state index in [2.05, 4.69) is 17.6 Å². The molecular weight excluding hydrogens is 338 g/mol. The Morgan fingerprint density at radius 2 is 2.00 bits per heavy atom. The molecular formula is C17H25N5O4. The molecule has 2 unspecified atom stereocenters. The summed E-state index contributed by atoms with van der Waals surface area (Å²) < 4.78 is 0. The predicted octanol–water partition coefficient (Wildman–Crippen LogP) is 0.980. The minimum Gasteiger partial charge on any atom is -0.337 e. The number of likely N-dealkylation sites (tertiary alicyclic amines) is 1. The molecule has 4 N–H and O–H groups in total. The average molecular weight is 363 g/mol. The van der Waals surface area contributed by atoms with E-state index in [9.17, 15) is 19.7 Å². The quantitative estimate of drug-likeness (QED) is 0.512. The number of nitro groups is 1. The average Bonchev–Trinajstić information content (AvgIpc) is 2.64. The van der Waals surface area contributed by atoms with Gasteiger partial charge in [-0.2, -0.15) is 0 Å². The summed E-state index contributed by atoms with van der Waals surface area (Å²) in [4.78, 5) is 36.0. The van der Waals surface area contributed by atoms with Crippen molar-refractivity contribution in [3.8, 4) is 0 Å². The highest BCUT2D eigenvalue weighted by atomic mass is 16.6. The Hall–Kier alpha value is -2.68. The summed E-state index contributed by atoms with van der Waals surface area (Å²) in [6.07, 6.45) is 1.82. The summed E-state index contributed by atoms with van der Waals surface area (Å²) in [5, 5.41) is 15.8. The number of piperidine rings is 1. The number of rotatable bonds is 6. The molecule has 0 spiro atoms. The largest absolute Gasteiger partial charge is 0.337 e. The summed E-state index contributed by atoms with van der Waals surface area (Å²) in [5.74, 6) is 0.406. The minimum absolute atomic E-state index is 0.00546. The summed E-state index contributed by atoms with van der Waals surface area (Å²) in [6.45, 7) is 3.35. The van der Waals surface area contributed by atoms with E-state index in [1.807, 2.05) is 0 Å². The second kappa shape index (κ2) is 9.14. The van der Waals surface area contributed by atoms with Crippen LogP contribution < -0.4 is 16.4 Å². The molecule has 26 heavy (non-hydrogen) atoms. The third-order valence-corrected chi connectivity index (χ3v) is 4.57. The number of carbonyl (C=O) groups excluding carboxylic acids is 2. The molecule has 0 radical (unpaired) electrons. The first kappa shape index (κ1) is 19.6. The first-order valence-electron chi connectivity index (χ1n) is 8.65. The fourth-order valence-electron chi connectivity index (χ4n) is 3.04. The van der Waals surface area contributed by atoms with Crippen molar-refractivity contribution in [1.82, 2.24) is 15.5 Å². The van der Waals surface area contributed by atoms with Gasteiger partial charge in [-0.15, -0.1) is 0 Å². The predicted molar refractivity (Wildman–Crippen MR) is 96.3 cm³/mol. The van der Waals surface area contributed by atoms with Gasteiger partial charge in [-0.25, -0.2) is 4.79 Å². The normalized spacial score (nSPS) is 19.7. The molecule has 2 atom stereocenters. The Morgan fingerprint density at radius 1 is 1.31 bits per heavy atom. The summed E-state index contributed by atoms with van der Waals surface area (Å²) in [7, 11) is 0. The molecule has 9 nitrogen and oxygen atoms in total. The third kappa shape index (κ3) is 5.41.